The lowest BCUT2D eigenvalue weighted by Crippen LogP contribution is -2.11. The Labute approximate surface area is 303 Å². The lowest BCUT2D eigenvalue weighted by Gasteiger charge is -2.28. The number of hydrogen-bond acceptors (Lipinski definition) is 1. The molecule has 0 aliphatic heterocycles. The molecule has 2 heteroatoms. The van der Waals surface area contributed by atoms with Crippen molar-refractivity contribution in [3.05, 3.63) is 206 Å². The Morgan fingerprint density at radius 1 is 0.346 bits per heavy atom. The second-order valence-electron chi connectivity index (χ2n) is 13.3. The molecule has 0 radical (unpaired) electrons. The van der Waals surface area contributed by atoms with Crippen molar-refractivity contribution in [2.45, 2.75) is 0 Å². The summed E-state index contributed by atoms with van der Waals surface area (Å²) in [5.41, 5.74) is 11.7. The first-order valence-corrected chi connectivity index (χ1v) is 17.9. The number of hydrogen-bond donors (Lipinski definition) is 0. The van der Waals surface area contributed by atoms with E-state index in [4.69, 9.17) is 0 Å². The Morgan fingerprint density at radius 2 is 0.942 bits per heavy atom. The highest BCUT2D eigenvalue weighted by Crippen LogP contribution is 2.46. The highest BCUT2D eigenvalue weighted by Gasteiger charge is 2.21. The van der Waals surface area contributed by atoms with Gasteiger partial charge in [0.15, 0.2) is 0 Å². The summed E-state index contributed by atoms with van der Waals surface area (Å²) in [5, 5.41) is 7.44. The second-order valence-corrected chi connectivity index (χ2v) is 13.3. The van der Waals surface area contributed by atoms with Crippen LogP contribution >= 0.6 is 0 Å². The molecule has 52 heavy (non-hydrogen) atoms. The molecule has 2 nitrogen and oxygen atoms in total. The Morgan fingerprint density at radius 3 is 1.81 bits per heavy atom. The van der Waals surface area contributed by atoms with E-state index in [-0.39, 0.29) is 0 Å². The molecular formula is C50H34N2. The fourth-order valence-corrected chi connectivity index (χ4v) is 8.01. The molecule has 10 rings (SSSR count). The monoisotopic (exact) mass is 662 g/mol. The maximum absolute atomic E-state index is 2.42. The molecule has 0 atom stereocenters. The van der Waals surface area contributed by atoms with Gasteiger partial charge in [0, 0.05) is 33.4 Å². The van der Waals surface area contributed by atoms with Crippen molar-refractivity contribution in [2.75, 3.05) is 4.90 Å². The van der Waals surface area contributed by atoms with E-state index in [0.717, 1.165) is 22.7 Å². The molecule has 0 saturated heterocycles. The Bertz CT molecular complexity index is 2900. The fraction of sp³-hybridized carbons (Fsp3) is 0. The maximum atomic E-state index is 2.42. The van der Waals surface area contributed by atoms with Gasteiger partial charge in [-0.05, 0) is 92.8 Å². The molecule has 244 valence electrons. The van der Waals surface area contributed by atoms with Crippen LogP contribution in [0.5, 0.6) is 0 Å². The molecule has 10 aromatic rings. The zero-order chi connectivity index (χ0) is 34.4. The van der Waals surface area contributed by atoms with Gasteiger partial charge < -0.3 is 9.47 Å². The van der Waals surface area contributed by atoms with Crippen LogP contribution in [0.3, 0.4) is 0 Å². The van der Waals surface area contributed by atoms with Crippen LogP contribution in [0.1, 0.15) is 0 Å². The molecular weight excluding hydrogens is 629 g/mol. The highest BCUT2D eigenvalue weighted by atomic mass is 15.1. The number of para-hydroxylation sites is 3. The van der Waals surface area contributed by atoms with Gasteiger partial charge in [0.05, 0.1) is 16.7 Å². The Kier molecular flexibility index (Phi) is 7.18. The van der Waals surface area contributed by atoms with Crippen LogP contribution in [0, 0.1) is 0 Å². The van der Waals surface area contributed by atoms with Gasteiger partial charge in [0.1, 0.15) is 0 Å². The fourth-order valence-electron chi connectivity index (χ4n) is 8.01. The van der Waals surface area contributed by atoms with Crippen LogP contribution in [0.4, 0.5) is 17.1 Å². The summed E-state index contributed by atoms with van der Waals surface area (Å²) in [5.74, 6) is 0. The van der Waals surface area contributed by atoms with Gasteiger partial charge in [0.25, 0.3) is 0 Å². The summed E-state index contributed by atoms with van der Waals surface area (Å²) in [7, 11) is 0. The summed E-state index contributed by atoms with van der Waals surface area (Å²) in [6.45, 7) is 0. The standard InChI is InChI=1S/C50H34N2/c1-2-18-39(19-3-1)52-48-26-11-9-22-46(48)50-45(24-13-27-49(50)52)44-21-8-10-25-47(44)51(41-33-28-35-14-4-5-16-38(35)34-41)40-31-29-37(30-32-40)43-23-12-17-36-15-6-7-20-42(36)43/h1-34H. The molecule has 0 amide bonds. The Hall–Kier alpha value is -6.90. The SMILES string of the molecule is c1ccc(-n2c3ccccc3c3c(-c4ccccc4N(c4ccc(-c5cccc6ccccc56)cc4)c4ccc5ccccc5c4)cccc32)cc1. The van der Waals surface area contributed by atoms with Gasteiger partial charge in [-0.15, -0.1) is 0 Å². The van der Waals surface area contributed by atoms with Crippen molar-refractivity contribution >= 4 is 60.4 Å². The van der Waals surface area contributed by atoms with E-state index in [0.29, 0.717) is 0 Å². The van der Waals surface area contributed by atoms with Crippen molar-refractivity contribution in [1.82, 2.24) is 4.57 Å². The van der Waals surface area contributed by atoms with Crippen molar-refractivity contribution in [3.63, 3.8) is 0 Å². The summed E-state index contributed by atoms with van der Waals surface area (Å²) in [6, 6.07) is 74.7. The molecule has 0 fully saturated rings. The lowest BCUT2D eigenvalue weighted by molar-refractivity contribution is 1.18. The van der Waals surface area contributed by atoms with E-state index in [2.05, 4.69) is 216 Å². The van der Waals surface area contributed by atoms with Crippen molar-refractivity contribution in [2.24, 2.45) is 0 Å². The average Bonchev–Trinajstić information content (AvgIpc) is 3.56. The second kappa shape index (κ2) is 12.5. The van der Waals surface area contributed by atoms with Gasteiger partial charge >= 0.3 is 0 Å². The van der Waals surface area contributed by atoms with E-state index in [1.807, 2.05) is 0 Å². The van der Waals surface area contributed by atoms with Gasteiger partial charge in [0.2, 0.25) is 0 Å². The van der Waals surface area contributed by atoms with Crippen molar-refractivity contribution < 1.29 is 0 Å². The van der Waals surface area contributed by atoms with E-state index in [9.17, 15) is 0 Å². The lowest BCUT2D eigenvalue weighted by atomic mass is 9.96. The van der Waals surface area contributed by atoms with Gasteiger partial charge in [-0.25, -0.2) is 0 Å². The summed E-state index contributed by atoms with van der Waals surface area (Å²) in [4.78, 5) is 2.42. The third-order valence-corrected chi connectivity index (χ3v) is 10.4. The van der Waals surface area contributed by atoms with E-state index < -0.39 is 0 Å². The smallest absolute Gasteiger partial charge is 0.0547 e. The maximum Gasteiger partial charge on any atom is 0.0547 e. The molecule has 0 spiro atoms. The van der Waals surface area contributed by atoms with Crippen LogP contribution in [0.25, 0.3) is 71.3 Å². The minimum atomic E-state index is 1.10. The molecule has 0 bridgehead atoms. The zero-order valence-electron chi connectivity index (χ0n) is 28.5. The molecule has 1 aromatic heterocycles. The predicted molar refractivity (Wildman–Crippen MR) is 221 cm³/mol. The number of nitrogens with zero attached hydrogens (tertiary/aromatic N) is 2. The average molecular weight is 663 g/mol. The predicted octanol–water partition coefficient (Wildman–Crippen LogP) is 13.9. The molecule has 0 N–H and O–H groups in total. The number of anilines is 3. The number of rotatable bonds is 6. The minimum absolute atomic E-state index is 1.10. The van der Waals surface area contributed by atoms with Crippen molar-refractivity contribution in [3.8, 4) is 27.9 Å². The summed E-state index contributed by atoms with van der Waals surface area (Å²) in [6.07, 6.45) is 0. The van der Waals surface area contributed by atoms with Gasteiger partial charge in [-0.3, -0.25) is 0 Å². The van der Waals surface area contributed by atoms with Crippen LogP contribution < -0.4 is 4.90 Å². The normalized spacial score (nSPS) is 11.5. The molecule has 0 saturated carbocycles. The number of aromatic nitrogens is 1. The van der Waals surface area contributed by atoms with E-state index >= 15 is 0 Å². The molecule has 0 aliphatic rings. The van der Waals surface area contributed by atoms with Crippen molar-refractivity contribution in [1.29, 1.82) is 0 Å². The number of fused-ring (bicyclic) bond motifs is 5. The summed E-state index contributed by atoms with van der Waals surface area (Å²) < 4.78 is 2.39. The first-order chi connectivity index (χ1) is 25.8. The first kappa shape index (κ1) is 30.0. The largest absolute Gasteiger partial charge is 0.310 e. The van der Waals surface area contributed by atoms with Crippen LogP contribution in [0.15, 0.2) is 206 Å². The van der Waals surface area contributed by atoms with Crippen LogP contribution in [-0.2, 0) is 0 Å². The van der Waals surface area contributed by atoms with Crippen LogP contribution in [-0.4, -0.2) is 4.57 Å². The summed E-state index contributed by atoms with van der Waals surface area (Å²) >= 11 is 0. The topological polar surface area (TPSA) is 8.17 Å². The minimum Gasteiger partial charge on any atom is -0.310 e. The molecule has 0 unspecified atom stereocenters. The third-order valence-electron chi connectivity index (χ3n) is 10.4. The first-order valence-electron chi connectivity index (χ1n) is 17.9. The molecule has 1 heterocycles. The van der Waals surface area contributed by atoms with E-state index in [1.54, 1.807) is 0 Å². The Balaban J connectivity index is 1.20. The third kappa shape index (κ3) is 4.96. The van der Waals surface area contributed by atoms with Gasteiger partial charge in [-0.2, -0.15) is 0 Å². The quantitative estimate of drug-likeness (QED) is 0.172. The molecule has 0 aliphatic carbocycles. The zero-order valence-corrected chi connectivity index (χ0v) is 28.5. The van der Waals surface area contributed by atoms with Crippen LogP contribution in [0.2, 0.25) is 0 Å². The molecule has 9 aromatic carbocycles. The van der Waals surface area contributed by atoms with E-state index in [1.165, 1.54) is 65.6 Å². The highest BCUT2D eigenvalue weighted by molar-refractivity contribution is 6.17. The number of benzene rings is 9. The van der Waals surface area contributed by atoms with Gasteiger partial charge in [-0.1, -0.05) is 152 Å².